The second-order valence-electron chi connectivity index (χ2n) is 11.1. The molecule has 0 unspecified atom stereocenters. The number of ether oxygens (including phenoxy) is 1. The summed E-state index contributed by atoms with van der Waals surface area (Å²) in [5, 5.41) is 4.30. The maximum Gasteiger partial charge on any atom is 0.174 e. The van der Waals surface area contributed by atoms with E-state index in [0.717, 1.165) is 35.7 Å². The Balaban J connectivity index is 1.39. The molecule has 0 spiro atoms. The van der Waals surface area contributed by atoms with Gasteiger partial charge < -0.3 is 24.4 Å². The van der Waals surface area contributed by atoms with Crippen LogP contribution in [0.1, 0.15) is 60.4 Å². The van der Waals surface area contributed by atoms with Gasteiger partial charge in [0, 0.05) is 48.7 Å². The third kappa shape index (κ3) is 4.94. The molecule has 4 aromatic rings. The molecule has 1 aliphatic heterocycles. The first-order valence-corrected chi connectivity index (χ1v) is 14.6. The number of thiocarbonyl (C=S) groups is 1. The fraction of sp³-hybridized carbons (Fsp3) is 0.333. The van der Waals surface area contributed by atoms with Gasteiger partial charge >= 0.3 is 0 Å². The van der Waals surface area contributed by atoms with Gasteiger partial charge in [-0.05, 0) is 124 Å². The number of aryl methyl sites for hydroxylation is 1. The third-order valence-corrected chi connectivity index (χ3v) is 8.55. The fourth-order valence-electron chi connectivity index (χ4n) is 6.22. The van der Waals surface area contributed by atoms with Gasteiger partial charge in [0.15, 0.2) is 5.11 Å². The number of aromatic nitrogens is 2. The summed E-state index contributed by atoms with van der Waals surface area (Å²) in [5.41, 5.74) is 7.94. The highest BCUT2D eigenvalue weighted by molar-refractivity contribution is 7.80. The predicted octanol–water partition coefficient (Wildman–Crippen LogP) is 7.05. The molecule has 0 radical (unpaired) electrons. The van der Waals surface area contributed by atoms with Gasteiger partial charge in [0.1, 0.15) is 5.75 Å². The van der Waals surface area contributed by atoms with Crippen LogP contribution in [-0.2, 0) is 0 Å². The molecule has 7 heteroatoms. The van der Waals surface area contributed by atoms with Crippen LogP contribution < -0.4 is 19.9 Å². The van der Waals surface area contributed by atoms with Crippen molar-refractivity contribution in [3.05, 3.63) is 102 Å². The highest BCUT2D eigenvalue weighted by Gasteiger charge is 2.42. The van der Waals surface area contributed by atoms with Gasteiger partial charge in [0.25, 0.3) is 0 Å². The lowest BCUT2D eigenvalue weighted by molar-refractivity contribution is 0.210. The van der Waals surface area contributed by atoms with Crippen molar-refractivity contribution >= 4 is 28.7 Å². The fourth-order valence-corrected chi connectivity index (χ4v) is 6.56. The molecule has 2 fully saturated rings. The zero-order valence-corrected chi connectivity index (χ0v) is 24.5. The van der Waals surface area contributed by atoms with Crippen LogP contribution in [0.4, 0.5) is 11.4 Å². The smallest absolute Gasteiger partial charge is 0.174 e. The summed E-state index contributed by atoms with van der Waals surface area (Å²) >= 11 is 5.98. The Hall–Kier alpha value is -3.84. The van der Waals surface area contributed by atoms with Gasteiger partial charge in [-0.15, -0.1) is 0 Å². The van der Waals surface area contributed by atoms with Crippen molar-refractivity contribution < 1.29 is 4.74 Å². The SMILES string of the molecule is Cc1cc([C@H]2[C@H](c3ccccn3)NC(=S)N2c2ccc(OC3CCCC3)cc2)c(C)n1-c1ccc(N(C)C)cc1. The molecular formula is C33H37N5OS. The first-order chi connectivity index (χ1) is 19.4. The summed E-state index contributed by atoms with van der Waals surface area (Å²) in [5.74, 6) is 0.922. The quantitative estimate of drug-likeness (QED) is 0.248. The van der Waals surface area contributed by atoms with Crippen LogP contribution in [0, 0.1) is 13.8 Å². The first kappa shape index (κ1) is 26.4. The van der Waals surface area contributed by atoms with Crippen LogP contribution in [-0.4, -0.2) is 34.9 Å². The molecule has 206 valence electrons. The lowest BCUT2D eigenvalue weighted by atomic mass is 9.96. The predicted molar refractivity (Wildman–Crippen MR) is 167 cm³/mol. The van der Waals surface area contributed by atoms with Gasteiger partial charge in [-0.25, -0.2) is 0 Å². The van der Waals surface area contributed by atoms with Gasteiger partial charge in [-0.1, -0.05) is 6.07 Å². The van der Waals surface area contributed by atoms with Crippen molar-refractivity contribution in [3.8, 4) is 11.4 Å². The number of pyridine rings is 1. The highest BCUT2D eigenvalue weighted by Crippen LogP contribution is 2.44. The molecule has 40 heavy (non-hydrogen) atoms. The molecule has 1 saturated carbocycles. The van der Waals surface area contributed by atoms with E-state index >= 15 is 0 Å². The van der Waals surface area contributed by atoms with E-state index in [1.807, 2.05) is 18.3 Å². The standard InChI is InChI=1S/C33H37N5OS/c1-22-21-29(23(2)37(22)25-14-12-24(13-15-25)36(3)4)32-31(30-11-7-8-20-34-30)35-33(40)38(32)26-16-18-28(19-17-26)39-27-9-5-6-10-27/h7-8,11-21,27,31-32H,5-6,9-10H2,1-4H3,(H,35,40)/t31-,32-/m0/s1. The Kier molecular flexibility index (Phi) is 7.24. The van der Waals surface area contributed by atoms with Crippen molar-refractivity contribution in [2.45, 2.75) is 57.7 Å². The molecule has 6 nitrogen and oxygen atoms in total. The van der Waals surface area contributed by atoms with Crippen molar-refractivity contribution in [2.24, 2.45) is 0 Å². The van der Waals surface area contributed by atoms with E-state index in [-0.39, 0.29) is 12.1 Å². The van der Waals surface area contributed by atoms with Crippen molar-refractivity contribution in [2.75, 3.05) is 23.9 Å². The summed E-state index contributed by atoms with van der Waals surface area (Å²) in [6.07, 6.45) is 6.98. The van der Waals surface area contributed by atoms with Gasteiger partial charge in [0.05, 0.1) is 23.9 Å². The molecule has 2 aliphatic rings. The Morgan fingerprint density at radius 3 is 2.27 bits per heavy atom. The molecular weight excluding hydrogens is 514 g/mol. The molecule has 0 amide bonds. The monoisotopic (exact) mass is 551 g/mol. The summed E-state index contributed by atoms with van der Waals surface area (Å²) in [7, 11) is 4.13. The minimum atomic E-state index is -0.0896. The summed E-state index contributed by atoms with van der Waals surface area (Å²) < 4.78 is 8.58. The molecule has 2 aromatic carbocycles. The minimum Gasteiger partial charge on any atom is -0.490 e. The van der Waals surface area contributed by atoms with E-state index < -0.39 is 0 Å². The van der Waals surface area contributed by atoms with Gasteiger partial charge in [-0.2, -0.15) is 0 Å². The van der Waals surface area contributed by atoms with Crippen LogP contribution in [0.2, 0.25) is 0 Å². The number of hydrogen-bond donors (Lipinski definition) is 1. The molecule has 0 bridgehead atoms. The number of rotatable bonds is 7. The number of nitrogens with one attached hydrogen (secondary N) is 1. The highest BCUT2D eigenvalue weighted by atomic mass is 32.1. The van der Waals surface area contributed by atoms with E-state index in [1.54, 1.807) is 0 Å². The maximum absolute atomic E-state index is 6.25. The number of nitrogens with zero attached hydrogens (tertiary/aromatic N) is 4. The van der Waals surface area contributed by atoms with Crippen LogP contribution >= 0.6 is 12.2 Å². The maximum atomic E-state index is 6.25. The second kappa shape index (κ2) is 11.0. The van der Waals surface area contributed by atoms with Crippen LogP contribution in [0.3, 0.4) is 0 Å². The van der Waals surface area contributed by atoms with Gasteiger partial charge in [0.2, 0.25) is 0 Å². The lowest BCUT2D eigenvalue weighted by Crippen LogP contribution is -2.29. The normalized spacial score (nSPS) is 19.2. The van der Waals surface area contributed by atoms with E-state index in [4.69, 9.17) is 21.9 Å². The average molecular weight is 552 g/mol. The molecule has 2 atom stereocenters. The Labute approximate surface area is 242 Å². The summed E-state index contributed by atoms with van der Waals surface area (Å²) in [6, 6.07) is 25.3. The number of hydrogen-bond acceptors (Lipinski definition) is 4. The van der Waals surface area contributed by atoms with Gasteiger partial charge in [-0.3, -0.25) is 4.98 Å². The Morgan fingerprint density at radius 2 is 1.62 bits per heavy atom. The summed E-state index contributed by atoms with van der Waals surface area (Å²) in [6.45, 7) is 4.38. The van der Waals surface area contributed by atoms with Crippen molar-refractivity contribution in [3.63, 3.8) is 0 Å². The number of anilines is 2. The molecule has 1 N–H and O–H groups in total. The molecule has 2 aromatic heterocycles. The topological polar surface area (TPSA) is 45.6 Å². The molecule has 6 rings (SSSR count). The van der Waals surface area contributed by atoms with Crippen LogP contribution in [0.15, 0.2) is 79.0 Å². The van der Waals surface area contributed by atoms with E-state index in [9.17, 15) is 0 Å². The minimum absolute atomic E-state index is 0.0648. The third-order valence-electron chi connectivity index (χ3n) is 8.23. The van der Waals surface area contributed by atoms with Crippen LogP contribution in [0.25, 0.3) is 5.69 Å². The van der Waals surface area contributed by atoms with E-state index in [2.05, 4.69) is 108 Å². The Bertz CT molecular complexity index is 1470. The van der Waals surface area contributed by atoms with Crippen LogP contribution in [0.5, 0.6) is 5.75 Å². The van der Waals surface area contributed by atoms with E-state index in [0.29, 0.717) is 11.2 Å². The zero-order valence-electron chi connectivity index (χ0n) is 23.7. The average Bonchev–Trinajstić information content (AvgIpc) is 3.67. The molecule has 1 aliphatic carbocycles. The zero-order chi connectivity index (χ0) is 27.8. The number of benzene rings is 2. The first-order valence-electron chi connectivity index (χ1n) is 14.1. The Morgan fingerprint density at radius 1 is 0.925 bits per heavy atom. The van der Waals surface area contributed by atoms with E-state index in [1.165, 1.54) is 35.5 Å². The molecule has 1 saturated heterocycles. The second-order valence-corrected chi connectivity index (χ2v) is 11.5. The largest absolute Gasteiger partial charge is 0.490 e. The van der Waals surface area contributed by atoms with Crippen molar-refractivity contribution in [1.29, 1.82) is 0 Å². The van der Waals surface area contributed by atoms with Crippen molar-refractivity contribution in [1.82, 2.24) is 14.9 Å². The molecule has 3 heterocycles. The summed E-state index contributed by atoms with van der Waals surface area (Å²) in [4.78, 5) is 9.10. The lowest BCUT2D eigenvalue weighted by Gasteiger charge is -2.28.